The van der Waals surface area contributed by atoms with Crippen molar-refractivity contribution < 1.29 is 39.6 Å². The molecule has 2 aromatic rings. The number of carbonyl (C=O) groups excluding carboxylic acids is 4. The predicted molar refractivity (Wildman–Crippen MR) is 157 cm³/mol. The number of Topliss-reactive ketones (excluding diaryl/α,β-unsaturated/α-hetero) is 2. The summed E-state index contributed by atoms with van der Waals surface area (Å²) in [7, 11) is 6.59. The van der Waals surface area contributed by atoms with Crippen molar-refractivity contribution in [2.24, 2.45) is 17.6 Å². The molecule has 3 aliphatic rings. The molecule has 0 spiro atoms. The zero-order valence-corrected chi connectivity index (χ0v) is 24.0. The number of ketones is 2. The van der Waals surface area contributed by atoms with E-state index < -0.39 is 69.8 Å². The second kappa shape index (κ2) is 10.4. The molecule has 2 aromatic carbocycles. The fraction of sp³-hybridized carbons (Fsp3) is 0.333. The summed E-state index contributed by atoms with van der Waals surface area (Å²) < 4.78 is 0. The van der Waals surface area contributed by atoms with Crippen molar-refractivity contribution in [3.8, 4) is 5.75 Å². The van der Waals surface area contributed by atoms with E-state index in [1.54, 1.807) is 63.4 Å². The number of hydrogen-bond acceptors (Lipinski definition) is 10. The summed E-state index contributed by atoms with van der Waals surface area (Å²) in [6.45, 7) is 0. The lowest BCUT2D eigenvalue weighted by Crippen LogP contribution is -2.63. The first-order valence-electron chi connectivity index (χ1n) is 13.5. The van der Waals surface area contributed by atoms with Gasteiger partial charge < -0.3 is 41.7 Å². The molecule has 0 unspecified atom stereocenters. The minimum Gasteiger partial charge on any atom is -0.510 e. The number of fused-ring (bicyclic) bond motifs is 3. The van der Waals surface area contributed by atoms with Crippen LogP contribution >= 0.6 is 0 Å². The standard InChI is InChI=1S/C30H33N5O8/c1-34(2)18-12-17(33-29(42)32-14-8-6-5-7-9-14)23(36)20-15(18)10-13-11-16-22(35(3)4)25(38)21(28(31)41)27(40)30(16,43)26(39)19(13)24(20)37/h5-9,12-13,16,22,36,38-39,43H,10-11H2,1-4H3,(H2,31,41)(H2,32,33,42)/t13-,16-,22-,30-/m1/s1. The molecule has 0 saturated carbocycles. The Hall–Kier alpha value is -4.88. The summed E-state index contributed by atoms with van der Waals surface area (Å²) in [6.07, 6.45) is 0.0883. The largest absolute Gasteiger partial charge is 0.510 e. The van der Waals surface area contributed by atoms with Crippen molar-refractivity contribution in [3.05, 3.63) is 70.2 Å². The quantitative estimate of drug-likeness (QED) is 0.198. The zero-order valence-electron chi connectivity index (χ0n) is 24.0. The summed E-state index contributed by atoms with van der Waals surface area (Å²) in [5, 5.41) is 50.7. The number of carbonyl (C=O) groups is 4. The van der Waals surface area contributed by atoms with E-state index in [4.69, 9.17) is 5.73 Å². The number of nitrogens with zero attached hydrogens (tertiary/aromatic N) is 2. The molecule has 8 N–H and O–H groups in total. The molecule has 0 bridgehead atoms. The molecule has 0 radical (unpaired) electrons. The number of anilines is 3. The maximum Gasteiger partial charge on any atom is 0.323 e. The van der Waals surface area contributed by atoms with Crippen molar-refractivity contribution in [2.75, 3.05) is 43.7 Å². The third-order valence-electron chi connectivity index (χ3n) is 8.46. The van der Waals surface area contributed by atoms with Crippen LogP contribution in [0.3, 0.4) is 0 Å². The molecule has 0 saturated heterocycles. The van der Waals surface area contributed by atoms with Gasteiger partial charge in [-0.25, -0.2) is 4.79 Å². The monoisotopic (exact) mass is 591 g/mol. The van der Waals surface area contributed by atoms with E-state index >= 15 is 0 Å². The van der Waals surface area contributed by atoms with Crippen LogP contribution in [0, 0.1) is 11.8 Å². The van der Waals surface area contributed by atoms with Gasteiger partial charge in [0.05, 0.1) is 17.3 Å². The number of para-hydroxylation sites is 1. The Labute approximate surface area is 246 Å². The van der Waals surface area contributed by atoms with Gasteiger partial charge in [-0.1, -0.05) is 18.2 Å². The van der Waals surface area contributed by atoms with Crippen molar-refractivity contribution in [3.63, 3.8) is 0 Å². The Morgan fingerprint density at radius 1 is 1.02 bits per heavy atom. The number of urea groups is 1. The van der Waals surface area contributed by atoms with E-state index in [1.165, 1.54) is 11.0 Å². The van der Waals surface area contributed by atoms with Gasteiger partial charge in [-0.15, -0.1) is 0 Å². The number of aliphatic hydroxyl groups is 3. The summed E-state index contributed by atoms with van der Waals surface area (Å²) >= 11 is 0. The number of hydrogen-bond donors (Lipinski definition) is 7. The van der Waals surface area contributed by atoms with Gasteiger partial charge in [0.25, 0.3) is 5.91 Å². The Balaban J connectivity index is 1.63. The van der Waals surface area contributed by atoms with Crippen LogP contribution < -0.4 is 21.3 Å². The molecule has 3 aliphatic carbocycles. The number of aromatic hydroxyl groups is 1. The van der Waals surface area contributed by atoms with Gasteiger partial charge >= 0.3 is 6.03 Å². The number of phenols is 1. The molecule has 0 aliphatic heterocycles. The second-order valence-corrected chi connectivity index (χ2v) is 11.4. The molecule has 43 heavy (non-hydrogen) atoms. The summed E-state index contributed by atoms with van der Waals surface area (Å²) in [6, 6.07) is 8.35. The molecule has 13 nitrogen and oxygen atoms in total. The number of likely N-dealkylation sites (N-methyl/N-ethyl adjacent to an activating group) is 1. The van der Waals surface area contributed by atoms with Gasteiger partial charge in [0.15, 0.2) is 17.1 Å². The van der Waals surface area contributed by atoms with Gasteiger partial charge in [0, 0.05) is 37.0 Å². The van der Waals surface area contributed by atoms with Crippen LogP contribution in [0.5, 0.6) is 5.75 Å². The molecule has 5 rings (SSSR count). The topological polar surface area (TPSA) is 206 Å². The Bertz CT molecular complexity index is 1630. The van der Waals surface area contributed by atoms with Crippen molar-refractivity contribution in [2.45, 2.75) is 24.5 Å². The Morgan fingerprint density at radius 3 is 2.26 bits per heavy atom. The molecule has 226 valence electrons. The van der Waals surface area contributed by atoms with Crippen LogP contribution in [0.25, 0.3) is 0 Å². The number of nitrogens with two attached hydrogens (primary N) is 1. The van der Waals surface area contributed by atoms with Crippen LogP contribution in [-0.4, -0.2) is 88.7 Å². The minimum absolute atomic E-state index is 0.0289. The first kappa shape index (κ1) is 29.6. The number of amides is 3. The van der Waals surface area contributed by atoms with Crippen molar-refractivity contribution >= 4 is 40.6 Å². The van der Waals surface area contributed by atoms with E-state index in [2.05, 4.69) is 10.6 Å². The molecule has 3 amide bonds. The van der Waals surface area contributed by atoms with E-state index in [9.17, 15) is 39.6 Å². The van der Waals surface area contributed by atoms with Crippen LogP contribution in [0.1, 0.15) is 22.3 Å². The van der Waals surface area contributed by atoms with Gasteiger partial charge in [-0.2, -0.15) is 0 Å². The molecule has 4 atom stereocenters. The van der Waals surface area contributed by atoms with E-state index in [0.29, 0.717) is 16.9 Å². The van der Waals surface area contributed by atoms with Gasteiger partial charge in [-0.3, -0.25) is 19.3 Å². The summed E-state index contributed by atoms with van der Waals surface area (Å²) in [4.78, 5) is 55.7. The fourth-order valence-electron chi connectivity index (χ4n) is 6.60. The molecule has 0 fully saturated rings. The normalized spacial score (nSPS) is 24.7. The lowest BCUT2D eigenvalue weighted by Gasteiger charge is -2.50. The molecule has 13 heteroatoms. The molecular formula is C30H33N5O8. The fourth-order valence-corrected chi connectivity index (χ4v) is 6.60. The molecule has 0 aromatic heterocycles. The van der Waals surface area contributed by atoms with Crippen LogP contribution in [0.4, 0.5) is 21.9 Å². The maximum absolute atomic E-state index is 14.1. The number of primary amides is 1. The third-order valence-corrected chi connectivity index (χ3v) is 8.46. The maximum atomic E-state index is 14.1. The first-order valence-corrected chi connectivity index (χ1v) is 13.5. The molecule has 0 heterocycles. The highest BCUT2D eigenvalue weighted by Gasteiger charge is 2.63. The van der Waals surface area contributed by atoms with Crippen molar-refractivity contribution in [1.82, 2.24) is 4.90 Å². The Morgan fingerprint density at radius 2 is 1.67 bits per heavy atom. The second-order valence-electron chi connectivity index (χ2n) is 11.4. The number of aliphatic hydroxyl groups excluding tert-OH is 2. The highest BCUT2D eigenvalue weighted by atomic mass is 16.3. The number of phenolic OH excluding ortho intramolecular Hbond substituents is 1. The van der Waals surface area contributed by atoms with Gasteiger partial charge in [0.2, 0.25) is 5.78 Å². The Kier molecular flexibility index (Phi) is 7.19. The first-order chi connectivity index (χ1) is 20.2. The molecular weight excluding hydrogens is 558 g/mol. The van der Waals surface area contributed by atoms with Crippen LogP contribution in [-0.2, 0) is 16.0 Å². The van der Waals surface area contributed by atoms with Gasteiger partial charge in [-0.05, 0) is 56.6 Å². The highest BCUT2D eigenvalue weighted by molar-refractivity contribution is 6.25. The summed E-state index contributed by atoms with van der Waals surface area (Å²) in [5.41, 5.74) is 2.64. The predicted octanol–water partition coefficient (Wildman–Crippen LogP) is 1.83. The number of allylic oxidation sites excluding steroid dienone is 1. The van der Waals surface area contributed by atoms with Crippen LogP contribution in [0.15, 0.2) is 59.1 Å². The van der Waals surface area contributed by atoms with Crippen molar-refractivity contribution in [1.29, 1.82) is 0 Å². The number of nitrogens with one attached hydrogen (secondary N) is 2. The summed E-state index contributed by atoms with van der Waals surface area (Å²) in [5.74, 6) is -7.45. The average Bonchev–Trinajstić information content (AvgIpc) is 2.92. The smallest absolute Gasteiger partial charge is 0.323 e. The SMILES string of the molecule is CN(C)c1cc(NC(=O)Nc2ccccc2)c(O)c2c1C[C@@H]1C[C@@H]3[C@@H](N(C)C)C(O)=C(C(N)=O)C(=O)[C@]3(O)C(O)=C1C2=O. The average molecular weight is 592 g/mol. The highest BCUT2D eigenvalue weighted by Crippen LogP contribution is 2.53. The van der Waals surface area contributed by atoms with Gasteiger partial charge in [0.1, 0.15) is 17.1 Å². The number of rotatable bonds is 5. The lowest BCUT2D eigenvalue weighted by atomic mass is 9.58. The lowest BCUT2D eigenvalue weighted by molar-refractivity contribution is -0.148. The number of benzene rings is 2. The minimum atomic E-state index is -2.74. The third kappa shape index (κ3) is 4.48. The van der Waals surface area contributed by atoms with Crippen LogP contribution in [0.2, 0.25) is 0 Å². The van der Waals surface area contributed by atoms with E-state index in [-0.39, 0.29) is 29.7 Å². The zero-order chi connectivity index (χ0) is 31.5. The van der Waals surface area contributed by atoms with E-state index in [0.717, 1.165) is 0 Å². The van der Waals surface area contributed by atoms with E-state index in [1.807, 2.05) is 0 Å².